The Hall–Kier alpha value is -1.48. The van der Waals surface area contributed by atoms with Gasteiger partial charge in [0.1, 0.15) is 0 Å². The molecule has 0 spiro atoms. The molecule has 96 valence electrons. The SMILES string of the molecule is Cc1[nH]c2ccccc2c1N(C)CC1CCNC1. The maximum atomic E-state index is 3.48. The van der Waals surface area contributed by atoms with Crippen LogP contribution in [0.1, 0.15) is 12.1 Å². The van der Waals surface area contributed by atoms with E-state index < -0.39 is 0 Å². The third kappa shape index (κ3) is 1.99. The van der Waals surface area contributed by atoms with Gasteiger partial charge in [-0.2, -0.15) is 0 Å². The molecule has 1 aromatic carbocycles. The molecule has 1 aliphatic rings. The second-order valence-corrected chi connectivity index (χ2v) is 5.38. The van der Waals surface area contributed by atoms with E-state index in [0.29, 0.717) is 0 Å². The minimum Gasteiger partial charge on any atom is -0.372 e. The lowest BCUT2D eigenvalue weighted by molar-refractivity contribution is 0.578. The normalized spacial score (nSPS) is 19.6. The number of hydrogen-bond donors (Lipinski definition) is 2. The molecule has 2 N–H and O–H groups in total. The Morgan fingerprint density at radius 3 is 2.94 bits per heavy atom. The van der Waals surface area contributed by atoms with Crippen LogP contribution < -0.4 is 10.2 Å². The van der Waals surface area contributed by atoms with Crippen LogP contribution in [0.3, 0.4) is 0 Å². The predicted molar refractivity (Wildman–Crippen MR) is 77.3 cm³/mol. The highest BCUT2D eigenvalue weighted by Crippen LogP contribution is 2.30. The molecule has 3 nitrogen and oxygen atoms in total. The lowest BCUT2D eigenvalue weighted by Crippen LogP contribution is -2.27. The van der Waals surface area contributed by atoms with Gasteiger partial charge < -0.3 is 15.2 Å². The number of aryl methyl sites for hydroxylation is 1. The van der Waals surface area contributed by atoms with Gasteiger partial charge in [0.25, 0.3) is 0 Å². The average Bonchev–Trinajstić information content (AvgIpc) is 2.94. The van der Waals surface area contributed by atoms with Crippen molar-refractivity contribution in [1.82, 2.24) is 10.3 Å². The zero-order valence-electron chi connectivity index (χ0n) is 11.2. The molecule has 0 amide bonds. The lowest BCUT2D eigenvalue weighted by atomic mass is 10.1. The first-order valence-corrected chi connectivity index (χ1v) is 6.75. The molecule has 1 aliphatic heterocycles. The number of H-pyrrole nitrogens is 1. The molecular formula is C15H21N3. The fraction of sp³-hybridized carbons (Fsp3) is 0.467. The van der Waals surface area contributed by atoms with E-state index >= 15 is 0 Å². The van der Waals surface area contributed by atoms with Crippen molar-refractivity contribution < 1.29 is 0 Å². The van der Waals surface area contributed by atoms with Gasteiger partial charge in [-0.1, -0.05) is 18.2 Å². The van der Waals surface area contributed by atoms with Crippen LogP contribution in [-0.2, 0) is 0 Å². The van der Waals surface area contributed by atoms with Crippen molar-refractivity contribution in [2.45, 2.75) is 13.3 Å². The summed E-state index contributed by atoms with van der Waals surface area (Å²) in [6.07, 6.45) is 1.30. The topological polar surface area (TPSA) is 31.1 Å². The van der Waals surface area contributed by atoms with Crippen molar-refractivity contribution in [3.8, 4) is 0 Å². The van der Waals surface area contributed by atoms with Crippen LogP contribution in [0.5, 0.6) is 0 Å². The fourth-order valence-corrected chi connectivity index (χ4v) is 3.10. The summed E-state index contributed by atoms with van der Waals surface area (Å²) in [6.45, 7) is 5.63. The van der Waals surface area contributed by atoms with Gasteiger partial charge in [0.15, 0.2) is 0 Å². The number of aromatic nitrogens is 1. The average molecular weight is 243 g/mol. The summed E-state index contributed by atoms with van der Waals surface area (Å²) in [5.41, 5.74) is 3.86. The van der Waals surface area contributed by atoms with E-state index in [0.717, 1.165) is 19.0 Å². The van der Waals surface area contributed by atoms with E-state index in [9.17, 15) is 0 Å². The van der Waals surface area contributed by atoms with Crippen LogP contribution in [0.15, 0.2) is 24.3 Å². The van der Waals surface area contributed by atoms with Gasteiger partial charge in [0.2, 0.25) is 0 Å². The Labute approximate surface area is 108 Å². The van der Waals surface area contributed by atoms with Crippen molar-refractivity contribution in [3.05, 3.63) is 30.0 Å². The largest absolute Gasteiger partial charge is 0.372 e. The summed E-state index contributed by atoms with van der Waals surface area (Å²) >= 11 is 0. The molecule has 1 unspecified atom stereocenters. The molecule has 1 saturated heterocycles. The molecular weight excluding hydrogens is 222 g/mol. The first kappa shape index (κ1) is 11.6. The smallest absolute Gasteiger partial charge is 0.0651 e. The third-order valence-electron chi connectivity index (χ3n) is 3.94. The highest BCUT2D eigenvalue weighted by molar-refractivity contribution is 5.94. The number of anilines is 1. The Morgan fingerprint density at radius 2 is 2.17 bits per heavy atom. The van der Waals surface area contributed by atoms with E-state index in [4.69, 9.17) is 0 Å². The molecule has 1 atom stereocenters. The van der Waals surface area contributed by atoms with Gasteiger partial charge in [-0.25, -0.2) is 0 Å². The molecule has 2 heterocycles. The third-order valence-corrected chi connectivity index (χ3v) is 3.94. The first-order valence-electron chi connectivity index (χ1n) is 6.75. The number of fused-ring (bicyclic) bond motifs is 1. The number of aromatic amines is 1. The molecule has 1 fully saturated rings. The van der Waals surface area contributed by atoms with Crippen LogP contribution in [0, 0.1) is 12.8 Å². The molecule has 0 radical (unpaired) electrons. The molecule has 1 aromatic heterocycles. The van der Waals surface area contributed by atoms with E-state index in [2.05, 4.69) is 53.4 Å². The van der Waals surface area contributed by atoms with Gasteiger partial charge in [0, 0.05) is 30.2 Å². The number of hydrogen-bond acceptors (Lipinski definition) is 2. The van der Waals surface area contributed by atoms with Gasteiger partial charge in [-0.05, 0) is 38.4 Å². The van der Waals surface area contributed by atoms with Gasteiger partial charge in [-0.3, -0.25) is 0 Å². The van der Waals surface area contributed by atoms with Crippen LogP contribution in [0.4, 0.5) is 5.69 Å². The van der Waals surface area contributed by atoms with Crippen molar-refractivity contribution in [2.75, 3.05) is 31.6 Å². The highest BCUT2D eigenvalue weighted by atomic mass is 15.1. The van der Waals surface area contributed by atoms with E-state index in [-0.39, 0.29) is 0 Å². The van der Waals surface area contributed by atoms with E-state index in [1.165, 1.54) is 35.2 Å². The summed E-state index contributed by atoms with van der Waals surface area (Å²) in [4.78, 5) is 5.88. The van der Waals surface area contributed by atoms with E-state index in [1.54, 1.807) is 0 Å². The summed E-state index contributed by atoms with van der Waals surface area (Å²) in [5, 5.41) is 4.78. The Balaban J connectivity index is 1.90. The maximum Gasteiger partial charge on any atom is 0.0651 e. The Morgan fingerprint density at radius 1 is 1.33 bits per heavy atom. The van der Waals surface area contributed by atoms with Crippen molar-refractivity contribution in [2.24, 2.45) is 5.92 Å². The van der Waals surface area contributed by atoms with Gasteiger partial charge in [-0.15, -0.1) is 0 Å². The Bertz CT molecular complexity index is 538. The maximum absolute atomic E-state index is 3.48. The minimum absolute atomic E-state index is 0.781. The fourth-order valence-electron chi connectivity index (χ4n) is 3.10. The summed E-state index contributed by atoms with van der Waals surface area (Å²) in [6, 6.07) is 8.56. The summed E-state index contributed by atoms with van der Waals surface area (Å²) in [5.74, 6) is 0.781. The molecule has 3 heteroatoms. The zero-order chi connectivity index (χ0) is 12.5. The van der Waals surface area contributed by atoms with E-state index in [1.807, 2.05) is 0 Å². The van der Waals surface area contributed by atoms with Crippen molar-refractivity contribution in [3.63, 3.8) is 0 Å². The Kier molecular flexibility index (Phi) is 3.00. The molecule has 3 rings (SSSR count). The standard InChI is InChI=1S/C15H21N3/c1-11-15(13-5-3-4-6-14(13)17-11)18(2)10-12-7-8-16-9-12/h3-6,12,16-17H,7-10H2,1-2H3. The number of benzene rings is 1. The van der Waals surface area contributed by atoms with Crippen LogP contribution >= 0.6 is 0 Å². The number of para-hydroxylation sites is 1. The number of nitrogens with one attached hydrogen (secondary N) is 2. The predicted octanol–water partition coefficient (Wildman–Crippen LogP) is 2.52. The molecule has 18 heavy (non-hydrogen) atoms. The first-order chi connectivity index (χ1) is 8.75. The quantitative estimate of drug-likeness (QED) is 0.868. The minimum atomic E-state index is 0.781. The van der Waals surface area contributed by atoms with Gasteiger partial charge in [0.05, 0.1) is 5.69 Å². The highest BCUT2D eigenvalue weighted by Gasteiger charge is 2.19. The molecule has 0 saturated carbocycles. The zero-order valence-corrected chi connectivity index (χ0v) is 11.2. The summed E-state index contributed by atoms with van der Waals surface area (Å²) in [7, 11) is 2.21. The van der Waals surface area contributed by atoms with Crippen molar-refractivity contribution >= 4 is 16.6 Å². The molecule has 0 bridgehead atoms. The number of nitrogens with zero attached hydrogens (tertiary/aromatic N) is 1. The van der Waals surface area contributed by atoms with Gasteiger partial charge >= 0.3 is 0 Å². The van der Waals surface area contributed by atoms with Crippen LogP contribution in [-0.4, -0.2) is 31.7 Å². The summed E-state index contributed by atoms with van der Waals surface area (Å²) < 4.78 is 0. The molecule has 2 aromatic rings. The van der Waals surface area contributed by atoms with Crippen LogP contribution in [0.25, 0.3) is 10.9 Å². The number of rotatable bonds is 3. The lowest BCUT2D eigenvalue weighted by Gasteiger charge is -2.23. The molecule has 0 aliphatic carbocycles. The van der Waals surface area contributed by atoms with Crippen LogP contribution in [0.2, 0.25) is 0 Å². The van der Waals surface area contributed by atoms with Crippen molar-refractivity contribution in [1.29, 1.82) is 0 Å². The monoisotopic (exact) mass is 243 g/mol. The second-order valence-electron chi connectivity index (χ2n) is 5.38. The second kappa shape index (κ2) is 4.65.